The maximum absolute atomic E-state index is 4.47. The van der Waals surface area contributed by atoms with E-state index >= 15 is 0 Å². The number of aryl methyl sites for hydroxylation is 1. The summed E-state index contributed by atoms with van der Waals surface area (Å²) in [6.07, 6.45) is 6.64. The predicted molar refractivity (Wildman–Crippen MR) is 74.9 cm³/mol. The Bertz CT molecular complexity index is 689. The molecule has 3 rings (SSSR count). The lowest BCUT2D eigenvalue weighted by molar-refractivity contribution is 0.766. The van der Waals surface area contributed by atoms with E-state index in [0.717, 1.165) is 23.9 Å². The summed E-state index contributed by atoms with van der Waals surface area (Å²) in [6, 6.07) is 7.97. The van der Waals surface area contributed by atoms with Crippen LogP contribution in [0.15, 0.2) is 42.9 Å². The third-order valence-electron chi connectivity index (χ3n) is 2.94. The Hall–Kier alpha value is -2.43. The fraction of sp³-hybridized carbons (Fsp3) is 0.214. The van der Waals surface area contributed by atoms with Gasteiger partial charge >= 0.3 is 0 Å². The van der Waals surface area contributed by atoms with Gasteiger partial charge in [0, 0.05) is 31.4 Å². The van der Waals surface area contributed by atoms with Crippen LogP contribution in [0.5, 0.6) is 0 Å². The van der Waals surface area contributed by atoms with E-state index in [2.05, 4.69) is 20.4 Å². The lowest BCUT2D eigenvalue weighted by Crippen LogP contribution is -2.07. The minimum Gasteiger partial charge on any atom is -0.354 e. The molecule has 0 spiro atoms. The normalized spacial score (nSPS) is 10.8. The van der Waals surface area contributed by atoms with Crippen LogP contribution in [0.3, 0.4) is 0 Å². The molecule has 0 saturated carbocycles. The number of aromatic nitrogens is 4. The molecule has 5 nitrogen and oxygen atoms in total. The van der Waals surface area contributed by atoms with Gasteiger partial charge < -0.3 is 5.32 Å². The Kier molecular flexibility index (Phi) is 3.10. The van der Waals surface area contributed by atoms with Crippen LogP contribution >= 0.6 is 0 Å². The van der Waals surface area contributed by atoms with Gasteiger partial charge in [0.05, 0.1) is 11.7 Å². The van der Waals surface area contributed by atoms with Crippen molar-refractivity contribution in [3.63, 3.8) is 0 Å². The summed E-state index contributed by atoms with van der Waals surface area (Å²) in [5.74, 6) is 0.669. The molecule has 0 bridgehead atoms. The zero-order valence-corrected chi connectivity index (χ0v) is 10.7. The number of rotatable bonds is 4. The van der Waals surface area contributed by atoms with Crippen molar-refractivity contribution in [2.24, 2.45) is 7.05 Å². The van der Waals surface area contributed by atoms with E-state index in [-0.39, 0.29) is 0 Å². The number of hydrogen-bond acceptors (Lipinski definition) is 4. The van der Waals surface area contributed by atoms with E-state index in [4.69, 9.17) is 0 Å². The van der Waals surface area contributed by atoms with Crippen LogP contribution in [0.25, 0.3) is 10.9 Å². The van der Waals surface area contributed by atoms with Crippen molar-refractivity contribution in [3.05, 3.63) is 48.4 Å². The molecule has 3 aromatic rings. The van der Waals surface area contributed by atoms with Crippen molar-refractivity contribution in [1.29, 1.82) is 0 Å². The quantitative estimate of drug-likeness (QED) is 0.773. The van der Waals surface area contributed by atoms with Gasteiger partial charge in [-0.1, -0.05) is 18.2 Å². The molecule has 0 aliphatic carbocycles. The standard InChI is InChI=1S/C14H15N5/c1-19-10-11(8-17-19)6-7-15-14-16-9-12-4-2-3-5-13(12)18-14/h2-5,8-10H,6-7H2,1H3,(H,15,16,18). The Morgan fingerprint density at radius 2 is 2.11 bits per heavy atom. The molecule has 0 atom stereocenters. The summed E-state index contributed by atoms with van der Waals surface area (Å²) in [5, 5.41) is 8.43. The molecule has 0 fully saturated rings. The molecule has 96 valence electrons. The molecule has 2 aromatic heterocycles. The molecule has 5 heteroatoms. The Labute approximate surface area is 111 Å². The van der Waals surface area contributed by atoms with Crippen LogP contribution in [-0.2, 0) is 13.5 Å². The topological polar surface area (TPSA) is 55.6 Å². The van der Waals surface area contributed by atoms with Crippen molar-refractivity contribution in [3.8, 4) is 0 Å². The van der Waals surface area contributed by atoms with Crippen LogP contribution in [0.1, 0.15) is 5.56 Å². The lowest BCUT2D eigenvalue weighted by atomic mass is 10.2. The van der Waals surface area contributed by atoms with E-state index in [9.17, 15) is 0 Å². The van der Waals surface area contributed by atoms with Crippen molar-refractivity contribution >= 4 is 16.9 Å². The molecule has 0 amide bonds. The van der Waals surface area contributed by atoms with Gasteiger partial charge in [-0.25, -0.2) is 9.97 Å². The maximum Gasteiger partial charge on any atom is 0.223 e. The van der Waals surface area contributed by atoms with Crippen LogP contribution in [-0.4, -0.2) is 26.3 Å². The molecule has 0 radical (unpaired) electrons. The zero-order valence-electron chi connectivity index (χ0n) is 10.7. The highest BCUT2D eigenvalue weighted by atomic mass is 15.2. The van der Waals surface area contributed by atoms with E-state index in [1.807, 2.05) is 54.6 Å². The second kappa shape index (κ2) is 5.06. The van der Waals surface area contributed by atoms with Crippen LogP contribution in [0.4, 0.5) is 5.95 Å². The predicted octanol–water partition coefficient (Wildman–Crippen LogP) is 2.02. The number of benzene rings is 1. The Balaban J connectivity index is 1.65. The third kappa shape index (κ3) is 2.70. The summed E-state index contributed by atoms with van der Waals surface area (Å²) in [4.78, 5) is 8.77. The highest BCUT2D eigenvalue weighted by Gasteiger charge is 2.00. The molecular weight excluding hydrogens is 238 g/mol. The first-order chi connectivity index (χ1) is 9.31. The van der Waals surface area contributed by atoms with E-state index in [0.29, 0.717) is 5.95 Å². The van der Waals surface area contributed by atoms with Crippen molar-refractivity contribution in [2.45, 2.75) is 6.42 Å². The number of nitrogens with zero attached hydrogens (tertiary/aromatic N) is 4. The summed E-state index contributed by atoms with van der Waals surface area (Å²) in [5.41, 5.74) is 2.16. The monoisotopic (exact) mass is 253 g/mol. The Morgan fingerprint density at radius 1 is 1.21 bits per heavy atom. The SMILES string of the molecule is Cn1cc(CCNc2ncc3ccccc3n2)cn1. The molecule has 0 aliphatic heterocycles. The second-order valence-electron chi connectivity index (χ2n) is 4.45. The minimum absolute atomic E-state index is 0.669. The zero-order chi connectivity index (χ0) is 13.1. The largest absolute Gasteiger partial charge is 0.354 e. The smallest absolute Gasteiger partial charge is 0.223 e. The van der Waals surface area contributed by atoms with Gasteiger partial charge in [0.1, 0.15) is 0 Å². The van der Waals surface area contributed by atoms with Crippen molar-refractivity contribution in [2.75, 3.05) is 11.9 Å². The summed E-state index contributed by atoms with van der Waals surface area (Å²) in [7, 11) is 1.92. The van der Waals surface area contributed by atoms with Crippen molar-refractivity contribution in [1.82, 2.24) is 19.7 Å². The average Bonchev–Trinajstić information content (AvgIpc) is 2.84. The minimum atomic E-state index is 0.669. The molecule has 0 unspecified atom stereocenters. The first-order valence-electron chi connectivity index (χ1n) is 6.24. The fourth-order valence-electron chi connectivity index (χ4n) is 1.98. The third-order valence-corrected chi connectivity index (χ3v) is 2.94. The molecule has 0 aliphatic rings. The van der Waals surface area contributed by atoms with Crippen LogP contribution in [0.2, 0.25) is 0 Å². The molecular formula is C14H15N5. The number of hydrogen-bond donors (Lipinski definition) is 1. The van der Waals surface area contributed by atoms with Gasteiger partial charge in [0.25, 0.3) is 0 Å². The highest BCUT2D eigenvalue weighted by molar-refractivity contribution is 5.78. The van der Waals surface area contributed by atoms with Crippen molar-refractivity contribution < 1.29 is 0 Å². The first-order valence-corrected chi connectivity index (χ1v) is 6.24. The van der Waals surface area contributed by atoms with Crippen LogP contribution in [0, 0.1) is 0 Å². The fourth-order valence-corrected chi connectivity index (χ4v) is 1.98. The molecule has 1 aromatic carbocycles. The van der Waals surface area contributed by atoms with Gasteiger partial charge in [-0.2, -0.15) is 5.10 Å². The summed E-state index contributed by atoms with van der Waals surface area (Å²) in [6.45, 7) is 0.796. The molecule has 0 saturated heterocycles. The Morgan fingerprint density at radius 3 is 2.95 bits per heavy atom. The van der Waals surface area contributed by atoms with Crippen LogP contribution < -0.4 is 5.32 Å². The van der Waals surface area contributed by atoms with E-state index in [1.165, 1.54) is 5.56 Å². The lowest BCUT2D eigenvalue weighted by Gasteiger charge is -2.04. The number of nitrogens with one attached hydrogen (secondary N) is 1. The number of fused-ring (bicyclic) bond motifs is 1. The summed E-state index contributed by atoms with van der Waals surface area (Å²) >= 11 is 0. The number of anilines is 1. The molecule has 2 heterocycles. The van der Waals surface area contributed by atoms with E-state index in [1.54, 1.807) is 0 Å². The molecule has 1 N–H and O–H groups in total. The van der Waals surface area contributed by atoms with E-state index < -0.39 is 0 Å². The van der Waals surface area contributed by atoms with Gasteiger partial charge in [-0.05, 0) is 18.1 Å². The molecule has 19 heavy (non-hydrogen) atoms. The highest BCUT2D eigenvalue weighted by Crippen LogP contribution is 2.11. The second-order valence-corrected chi connectivity index (χ2v) is 4.45. The van der Waals surface area contributed by atoms with Gasteiger partial charge in [-0.3, -0.25) is 4.68 Å². The van der Waals surface area contributed by atoms with Gasteiger partial charge in [0.2, 0.25) is 5.95 Å². The number of para-hydroxylation sites is 1. The summed E-state index contributed by atoms with van der Waals surface area (Å²) < 4.78 is 1.81. The first kappa shape index (κ1) is 11.6. The van der Waals surface area contributed by atoms with Gasteiger partial charge in [0.15, 0.2) is 0 Å². The van der Waals surface area contributed by atoms with Gasteiger partial charge in [-0.15, -0.1) is 0 Å². The average molecular weight is 253 g/mol. The maximum atomic E-state index is 4.47.